The van der Waals surface area contributed by atoms with E-state index in [1.807, 2.05) is 42.5 Å². The third-order valence-corrected chi connectivity index (χ3v) is 6.82. The molecule has 0 bridgehead atoms. The molecule has 0 saturated carbocycles. The quantitative estimate of drug-likeness (QED) is 0.263. The Bertz CT molecular complexity index is 1580. The van der Waals surface area contributed by atoms with Gasteiger partial charge in [-0.05, 0) is 52.4 Å². The zero-order valence-electron chi connectivity index (χ0n) is 19.5. The number of ether oxygens (including phenoxy) is 1. The molecule has 9 heteroatoms. The van der Waals surface area contributed by atoms with Gasteiger partial charge in [-0.1, -0.05) is 36.4 Å². The smallest absolute Gasteiger partial charge is 0.416 e. The summed E-state index contributed by atoms with van der Waals surface area (Å²) in [6, 6.07) is 18.4. The molecule has 1 N–H and O–H groups in total. The van der Waals surface area contributed by atoms with Crippen LogP contribution in [-0.2, 0) is 12.7 Å². The Morgan fingerprint density at radius 3 is 2.57 bits per heavy atom. The number of alkyl halides is 3. The Hall–Kier alpha value is -4.24. The number of rotatable bonds is 6. The average molecular weight is 520 g/mol. The predicted octanol–water partition coefficient (Wildman–Crippen LogP) is 6.98. The lowest BCUT2D eigenvalue weighted by Gasteiger charge is -2.12. The molecule has 37 heavy (non-hydrogen) atoms. The van der Waals surface area contributed by atoms with E-state index < -0.39 is 11.7 Å². The van der Waals surface area contributed by atoms with E-state index in [1.54, 1.807) is 24.9 Å². The molecule has 5 aromatic rings. The summed E-state index contributed by atoms with van der Waals surface area (Å²) in [6.07, 6.45) is -0.906. The first-order valence-corrected chi connectivity index (χ1v) is 12.1. The van der Waals surface area contributed by atoms with Crippen molar-refractivity contribution in [2.24, 2.45) is 0 Å². The number of fused-ring (bicyclic) bond motifs is 1. The zero-order chi connectivity index (χ0) is 26.0. The highest BCUT2D eigenvalue weighted by molar-refractivity contribution is 7.13. The van der Waals surface area contributed by atoms with Crippen molar-refractivity contribution in [1.82, 2.24) is 15.3 Å². The summed E-state index contributed by atoms with van der Waals surface area (Å²) in [5.74, 6) is 0.387. The van der Waals surface area contributed by atoms with E-state index in [9.17, 15) is 18.0 Å². The number of halogens is 3. The van der Waals surface area contributed by atoms with E-state index in [-0.39, 0.29) is 18.1 Å². The van der Waals surface area contributed by atoms with Gasteiger partial charge in [-0.15, -0.1) is 11.3 Å². The van der Waals surface area contributed by atoms with E-state index in [1.165, 1.54) is 23.5 Å². The second-order valence-electron chi connectivity index (χ2n) is 8.22. The van der Waals surface area contributed by atoms with Gasteiger partial charge < -0.3 is 10.1 Å². The molecule has 0 radical (unpaired) electrons. The van der Waals surface area contributed by atoms with Crippen molar-refractivity contribution in [3.05, 3.63) is 101 Å². The molecule has 186 valence electrons. The van der Waals surface area contributed by atoms with Gasteiger partial charge in [-0.2, -0.15) is 13.2 Å². The van der Waals surface area contributed by atoms with Crippen molar-refractivity contribution in [3.63, 3.8) is 0 Å². The number of carbonyl (C=O) groups is 1. The van der Waals surface area contributed by atoms with E-state index >= 15 is 0 Å². The maximum atomic E-state index is 12.8. The van der Waals surface area contributed by atoms with Crippen LogP contribution in [0.3, 0.4) is 0 Å². The van der Waals surface area contributed by atoms with Crippen molar-refractivity contribution < 1.29 is 22.7 Å². The van der Waals surface area contributed by atoms with Crippen LogP contribution in [0.5, 0.6) is 5.75 Å². The molecule has 0 unspecified atom stereocenters. The van der Waals surface area contributed by atoms with Gasteiger partial charge in [0.25, 0.3) is 5.91 Å². The monoisotopic (exact) mass is 519 g/mol. The molecular weight excluding hydrogens is 499 g/mol. The maximum Gasteiger partial charge on any atom is 0.416 e. The largest absolute Gasteiger partial charge is 0.497 e. The van der Waals surface area contributed by atoms with Gasteiger partial charge in [0.2, 0.25) is 0 Å². The molecule has 3 aromatic carbocycles. The molecule has 0 aliphatic rings. The number of nitrogens with one attached hydrogen (secondary N) is 1. The van der Waals surface area contributed by atoms with Crippen LogP contribution >= 0.6 is 11.3 Å². The number of methoxy groups -OCH3 is 1. The molecule has 0 aliphatic carbocycles. The Morgan fingerprint density at radius 1 is 1.00 bits per heavy atom. The number of thiazole rings is 1. The highest BCUT2D eigenvalue weighted by Crippen LogP contribution is 2.33. The SMILES string of the molecule is COc1cccc(-c2ccc(CNC(=O)c3csc(-c4ccc(C(F)(F)F)cc4)n3)c3cnccc23)c1. The fourth-order valence-electron chi connectivity index (χ4n) is 4.02. The minimum Gasteiger partial charge on any atom is -0.497 e. The number of pyridine rings is 1. The summed E-state index contributed by atoms with van der Waals surface area (Å²) in [5.41, 5.74) is 2.90. The van der Waals surface area contributed by atoms with Crippen LogP contribution in [-0.4, -0.2) is 23.0 Å². The highest BCUT2D eigenvalue weighted by atomic mass is 32.1. The Kier molecular flexibility index (Phi) is 6.62. The third-order valence-electron chi connectivity index (χ3n) is 5.92. The lowest BCUT2D eigenvalue weighted by molar-refractivity contribution is -0.137. The number of benzene rings is 3. The van der Waals surface area contributed by atoms with Gasteiger partial charge in [0.15, 0.2) is 0 Å². The number of nitrogens with zero attached hydrogens (tertiary/aromatic N) is 2. The molecule has 0 spiro atoms. The van der Waals surface area contributed by atoms with Crippen LogP contribution < -0.4 is 10.1 Å². The third kappa shape index (κ3) is 5.17. The first-order valence-electron chi connectivity index (χ1n) is 11.2. The van der Waals surface area contributed by atoms with Gasteiger partial charge in [0.1, 0.15) is 16.5 Å². The van der Waals surface area contributed by atoms with Crippen LogP contribution in [0, 0.1) is 0 Å². The van der Waals surface area contributed by atoms with Crippen LogP contribution in [0.1, 0.15) is 21.6 Å². The second kappa shape index (κ2) is 10.0. The maximum absolute atomic E-state index is 12.8. The van der Waals surface area contributed by atoms with Gasteiger partial charge in [0.05, 0.1) is 12.7 Å². The van der Waals surface area contributed by atoms with E-state index in [0.717, 1.165) is 45.3 Å². The number of aromatic nitrogens is 2. The first-order chi connectivity index (χ1) is 17.8. The Labute approximate surface area is 214 Å². The van der Waals surface area contributed by atoms with E-state index in [0.29, 0.717) is 10.6 Å². The summed E-state index contributed by atoms with van der Waals surface area (Å²) in [6.45, 7) is 0.257. The van der Waals surface area contributed by atoms with Crippen molar-refractivity contribution in [2.45, 2.75) is 12.7 Å². The van der Waals surface area contributed by atoms with Gasteiger partial charge in [-0.3, -0.25) is 9.78 Å². The van der Waals surface area contributed by atoms with E-state index in [4.69, 9.17) is 4.74 Å². The second-order valence-corrected chi connectivity index (χ2v) is 9.08. The standard InChI is InChI=1S/C28H20F3N3O2S/c1-36-21-4-2-3-18(13-21)22-10-7-19(24-15-32-12-11-23(22)24)14-33-26(35)25-16-37-27(34-25)17-5-8-20(9-6-17)28(29,30)31/h2-13,15-16H,14H2,1H3,(H,33,35). The number of hydrogen-bond donors (Lipinski definition) is 1. The normalized spacial score (nSPS) is 11.5. The fourth-order valence-corrected chi connectivity index (χ4v) is 4.83. The molecule has 0 aliphatic heterocycles. The summed E-state index contributed by atoms with van der Waals surface area (Å²) >= 11 is 1.20. The number of amides is 1. The number of carbonyl (C=O) groups excluding carboxylic acids is 1. The Morgan fingerprint density at radius 2 is 1.81 bits per heavy atom. The van der Waals surface area contributed by atoms with Gasteiger partial charge in [0, 0.05) is 35.3 Å². The molecule has 2 heterocycles. The lowest BCUT2D eigenvalue weighted by Crippen LogP contribution is -2.23. The fraction of sp³-hybridized carbons (Fsp3) is 0.107. The van der Waals surface area contributed by atoms with Crippen LogP contribution in [0.25, 0.3) is 32.5 Å². The van der Waals surface area contributed by atoms with Crippen LogP contribution in [0.2, 0.25) is 0 Å². The number of hydrogen-bond acceptors (Lipinski definition) is 5. The minimum atomic E-state index is -4.40. The molecule has 5 nitrogen and oxygen atoms in total. The predicted molar refractivity (Wildman–Crippen MR) is 137 cm³/mol. The molecule has 2 aromatic heterocycles. The van der Waals surface area contributed by atoms with Crippen molar-refractivity contribution in [1.29, 1.82) is 0 Å². The molecule has 0 atom stereocenters. The van der Waals surface area contributed by atoms with Crippen LogP contribution in [0.4, 0.5) is 13.2 Å². The lowest BCUT2D eigenvalue weighted by atomic mass is 9.96. The molecular formula is C28H20F3N3O2S. The molecule has 1 amide bonds. The van der Waals surface area contributed by atoms with Crippen molar-refractivity contribution >= 4 is 28.0 Å². The summed E-state index contributed by atoms with van der Waals surface area (Å²) in [5, 5.41) is 6.85. The molecule has 5 rings (SSSR count). The molecule has 0 saturated heterocycles. The van der Waals surface area contributed by atoms with Crippen LogP contribution in [0.15, 0.2) is 84.5 Å². The van der Waals surface area contributed by atoms with Gasteiger partial charge in [-0.25, -0.2) is 4.98 Å². The summed E-state index contributed by atoms with van der Waals surface area (Å²) in [4.78, 5) is 21.4. The first kappa shape index (κ1) is 24.5. The minimum absolute atomic E-state index is 0.204. The topological polar surface area (TPSA) is 64.1 Å². The summed E-state index contributed by atoms with van der Waals surface area (Å²) < 4.78 is 43.8. The molecule has 0 fully saturated rings. The van der Waals surface area contributed by atoms with Gasteiger partial charge >= 0.3 is 6.18 Å². The zero-order valence-corrected chi connectivity index (χ0v) is 20.4. The van der Waals surface area contributed by atoms with Crippen molar-refractivity contribution in [3.8, 4) is 27.4 Å². The highest BCUT2D eigenvalue weighted by Gasteiger charge is 2.30. The average Bonchev–Trinajstić information content (AvgIpc) is 3.42. The van der Waals surface area contributed by atoms with E-state index in [2.05, 4.69) is 15.3 Å². The van der Waals surface area contributed by atoms with Crippen molar-refractivity contribution in [2.75, 3.05) is 7.11 Å². The summed E-state index contributed by atoms with van der Waals surface area (Å²) in [7, 11) is 1.63. The Balaban J connectivity index is 1.34.